The predicted octanol–water partition coefficient (Wildman–Crippen LogP) is 2.30. The minimum absolute atomic E-state index is 0.189. The SMILES string of the molecule is OC(N/N=C/C(F)(F)F)Nc1ccc(F)c(Cl)c1. The highest BCUT2D eigenvalue weighted by atomic mass is 35.5. The maximum Gasteiger partial charge on any atom is 0.428 e. The summed E-state index contributed by atoms with van der Waals surface area (Å²) in [6.07, 6.45) is -6.48. The Morgan fingerprint density at radius 1 is 1.39 bits per heavy atom. The molecule has 0 aromatic heterocycles. The van der Waals surface area contributed by atoms with Gasteiger partial charge in [0.1, 0.15) is 12.0 Å². The molecule has 0 aliphatic carbocycles. The lowest BCUT2D eigenvalue weighted by Gasteiger charge is -2.13. The second kappa shape index (κ2) is 5.87. The molecule has 1 aromatic rings. The highest BCUT2D eigenvalue weighted by molar-refractivity contribution is 6.31. The van der Waals surface area contributed by atoms with Gasteiger partial charge in [-0.15, -0.1) is 0 Å². The second-order valence-corrected chi connectivity index (χ2v) is 3.51. The zero-order valence-corrected chi connectivity index (χ0v) is 9.43. The van der Waals surface area contributed by atoms with E-state index in [4.69, 9.17) is 11.6 Å². The first-order valence-corrected chi connectivity index (χ1v) is 4.92. The molecule has 3 N–H and O–H groups in total. The number of hydrazone groups is 1. The van der Waals surface area contributed by atoms with Crippen molar-refractivity contribution in [1.82, 2.24) is 5.43 Å². The van der Waals surface area contributed by atoms with Crippen LogP contribution in [0.4, 0.5) is 23.2 Å². The summed E-state index contributed by atoms with van der Waals surface area (Å²) in [5.74, 6) is -0.653. The zero-order chi connectivity index (χ0) is 13.8. The highest BCUT2D eigenvalue weighted by Crippen LogP contribution is 2.19. The first-order valence-electron chi connectivity index (χ1n) is 4.54. The van der Waals surface area contributed by atoms with Crippen molar-refractivity contribution in [3.05, 3.63) is 29.0 Å². The lowest BCUT2D eigenvalue weighted by molar-refractivity contribution is -0.0541. The molecule has 0 saturated heterocycles. The molecule has 18 heavy (non-hydrogen) atoms. The predicted molar refractivity (Wildman–Crippen MR) is 58.7 cm³/mol. The molecule has 0 fully saturated rings. The fourth-order valence-corrected chi connectivity index (χ4v) is 1.14. The van der Waals surface area contributed by atoms with Crippen molar-refractivity contribution in [2.24, 2.45) is 5.10 Å². The van der Waals surface area contributed by atoms with Crippen LogP contribution in [0.15, 0.2) is 23.3 Å². The number of aliphatic hydroxyl groups is 1. The maximum absolute atomic E-state index is 12.8. The molecule has 100 valence electrons. The van der Waals surface area contributed by atoms with E-state index in [1.165, 1.54) is 6.07 Å². The van der Waals surface area contributed by atoms with Gasteiger partial charge >= 0.3 is 6.18 Å². The van der Waals surface area contributed by atoms with E-state index in [-0.39, 0.29) is 16.9 Å². The van der Waals surface area contributed by atoms with E-state index in [2.05, 4.69) is 10.4 Å². The second-order valence-electron chi connectivity index (χ2n) is 3.10. The Bertz CT molecular complexity index is 438. The molecule has 0 spiro atoms. The van der Waals surface area contributed by atoms with E-state index in [1.54, 1.807) is 5.43 Å². The summed E-state index contributed by atoms with van der Waals surface area (Å²) < 4.78 is 47.8. The van der Waals surface area contributed by atoms with Gasteiger partial charge in [0.15, 0.2) is 0 Å². The van der Waals surface area contributed by atoms with Crippen LogP contribution in [-0.4, -0.2) is 23.8 Å². The quantitative estimate of drug-likeness (QED) is 0.344. The van der Waals surface area contributed by atoms with Gasteiger partial charge in [-0.2, -0.15) is 18.3 Å². The Labute approximate surface area is 104 Å². The molecule has 0 heterocycles. The first kappa shape index (κ1) is 14.5. The number of benzene rings is 1. The topological polar surface area (TPSA) is 56.6 Å². The number of hydrogen-bond acceptors (Lipinski definition) is 4. The Kier molecular flexibility index (Phi) is 4.74. The summed E-state index contributed by atoms with van der Waals surface area (Å²) in [6, 6.07) is 3.45. The number of hydrogen-bond donors (Lipinski definition) is 3. The van der Waals surface area contributed by atoms with Crippen molar-refractivity contribution in [3.8, 4) is 0 Å². The highest BCUT2D eigenvalue weighted by Gasteiger charge is 2.23. The molecule has 9 heteroatoms. The Morgan fingerprint density at radius 3 is 2.61 bits per heavy atom. The lowest BCUT2D eigenvalue weighted by Crippen LogP contribution is -2.33. The molecule has 1 rings (SSSR count). The van der Waals surface area contributed by atoms with Gasteiger partial charge in [0.25, 0.3) is 0 Å². The smallest absolute Gasteiger partial charge is 0.356 e. The van der Waals surface area contributed by atoms with Gasteiger partial charge in [-0.3, -0.25) is 5.43 Å². The lowest BCUT2D eigenvalue weighted by atomic mass is 10.3. The Morgan fingerprint density at radius 2 is 2.06 bits per heavy atom. The first-order chi connectivity index (χ1) is 8.28. The van der Waals surface area contributed by atoms with Crippen LogP contribution in [0.5, 0.6) is 0 Å². The molecule has 1 unspecified atom stereocenters. The average Bonchev–Trinajstić information content (AvgIpc) is 2.21. The Balaban J connectivity index is 2.52. The number of nitrogens with zero attached hydrogens (tertiary/aromatic N) is 1. The number of halogens is 5. The van der Waals surface area contributed by atoms with Crippen LogP contribution in [-0.2, 0) is 0 Å². The summed E-state index contributed by atoms with van der Waals surface area (Å²) in [4.78, 5) is 0. The van der Waals surface area contributed by atoms with Crippen LogP contribution in [0.3, 0.4) is 0 Å². The van der Waals surface area contributed by atoms with Crippen LogP contribution < -0.4 is 10.7 Å². The molecule has 0 aliphatic heterocycles. The average molecular weight is 286 g/mol. The van der Waals surface area contributed by atoms with Gasteiger partial charge in [0.05, 0.1) is 5.02 Å². The van der Waals surface area contributed by atoms with Crippen LogP contribution in [0.1, 0.15) is 0 Å². The van der Waals surface area contributed by atoms with E-state index in [0.29, 0.717) is 0 Å². The van der Waals surface area contributed by atoms with Gasteiger partial charge < -0.3 is 10.4 Å². The third-order valence-corrected chi connectivity index (χ3v) is 1.92. The van der Waals surface area contributed by atoms with Crippen molar-refractivity contribution < 1.29 is 22.7 Å². The summed E-state index contributed by atoms with van der Waals surface area (Å²) in [7, 11) is 0. The third kappa shape index (κ3) is 5.19. The standard InChI is InChI=1S/C9H8ClF4N3O/c10-6-3-5(1-2-7(6)11)16-8(18)17-15-4-9(12,13)14/h1-4,8,16-18H/b15-4+. The minimum atomic E-state index is -4.58. The molecular formula is C9H8ClF4N3O. The van der Waals surface area contributed by atoms with Gasteiger partial charge in [-0.05, 0) is 18.2 Å². The van der Waals surface area contributed by atoms with E-state index < -0.39 is 18.3 Å². The molecular weight excluding hydrogens is 278 g/mol. The zero-order valence-electron chi connectivity index (χ0n) is 8.67. The van der Waals surface area contributed by atoms with Gasteiger partial charge in [0, 0.05) is 5.69 Å². The van der Waals surface area contributed by atoms with Crippen molar-refractivity contribution in [2.75, 3.05) is 5.32 Å². The summed E-state index contributed by atoms with van der Waals surface area (Å²) in [6.45, 7) is 0. The van der Waals surface area contributed by atoms with E-state index in [9.17, 15) is 22.7 Å². The van der Waals surface area contributed by atoms with Crippen LogP contribution >= 0.6 is 11.6 Å². The molecule has 0 aliphatic rings. The third-order valence-electron chi connectivity index (χ3n) is 1.63. The number of alkyl halides is 3. The normalized spacial score (nSPS) is 13.7. The Hall–Kier alpha value is -1.54. The van der Waals surface area contributed by atoms with Crippen LogP contribution in [0.2, 0.25) is 5.02 Å². The molecule has 0 radical (unpaired) electrons. The summed E-state index contributed by atoms with van der Waals surface area (Å²) in [5.41, 5.74) is 1.99. The molecule has 1 atom stereocenters. The molecule has 0 saturated carbocycles. The van der Waals surface area contributed by atoms with E-state index in [1.807, 2.05) is 0 Å². The molecule has 0 bridgehead atoms. The monoisotopic (exact) mass is 285 g/mol. The molecule has 0 amide bonds. The number of nitrogens with one attached hydrogen (secondary N) is 2. The fourth-order valence-electron chi connectivity index (χ4n) is 0.957. The minimum Gasteiger partial charge on any atom is -0.356 e. The number of rotatable bonds is 4. The number of aliphatic hydroxyl groups excluding tert-OH is 1. The van der Waals surface area contributed by atoms with Gasteiger partial charge in [-0.1, -0.05) is 11.6 Å². The molecule has 1 aromatic carbocycles. The largest absolute Gasteiger partial charge is 0.428 e. The van der Waals surface area contributed by atoms with E-state index >= 15 is 0 Å². The van der Waals surface area contributed by atoms with Gasteiger partial charge in [0.2, 0.25) is 6.35 Å². The van der Waals surface area contributed by atoms with Crippen LogP contribution in [0.25, 0.3) is 0 Å². The van der Waals surface area contributed by atoms with Crippen molar-refractivity contribution in [1.29, 1.82) is 0 Å². The maximum atomic E-state index is 12.8. The molecule has 4 nitrogen and oxygen atoms in total. The van der Waals surface area contributed by atoms with Gasteiger partial charge in [-0.25, -0.2) is 4.39 Å². The van der Waals surface area contributed by atoms with Crippen molar-refractivity contribution in [2.45, 2.75) is 12.5 Å². The van der Waals surface area contributed by atoms with Crippen molar-refractivity contribution >= 4 is 23.5 Å². The summed E-state index contributed by atoms with van der Waals surface area (Å²) in [5, 5.41) is 14.1. The number of anilines is 1. The van der Waals surface area contributed by atoms with E-state index in [0.717, 1.165) is 12.1 Å². The summed E-state index contributed by atoms with van der Waals surface area (Å²) >= 11 is 5.47. The van der Waals surface area contributed by atoms with Crippen LogP contribution in [0, 0.1) is 5.82 Å². The van der Waals surface area contributed by atoms with Crippen molar-refractivity contribution in [3.63, 3.8) is 0 Å². The fraction of sp³-hybridized carbons (Fsp3) is 0.222.